The number of aryl methyl sites for hydroxylation is 1. The van der Waals surface area contributed by atoms with E-state index in [9.17, 15) is 4.79 Å². The number of likely N-dealkylation sites (tertiary alicyclic amines) is 1. The van der Waals surface area contributed by atoms with Gasteiger partial charge < -0.3 is 4.90 Å². The van der Waals surface area contributed by atoms with Crippen molar-refractivity contribution in [3.8, 4) is 0 Å². The molecular formula is C14H18N2O. The fraction of sp³-hybridized carbons (Fsp3) is 0.429. The number of rotatable bonds is 2. The van der Waals surface area contributed by atoms with E-state index in [0.717, 1.165) is 31.6 Å². The Hall–Kier alpha value is -1.64. The van der Waals surface area contributed by atoms with Gasteiger partial charge >= 0.3 is 0 Å². The van der Waals surface area contributed by atoms with Crippen LogP contribution in [0, 0.1) is 6.92 Å². The molecule has 1 aliphatic rings. The van der Waals surface area contributed by atoms with Crippen molar-refractivity contribution in [2.45, 2.75) is 25.7 Å². The van der Waals surface area contributed by atoms with Gasteiger partial charge in [-0.15, -0.1) is 0 Å². The summed E-state index contributed by atoms with van der Waals surface area (Å²) in [7, 11) is 0. The van der Waals surface area contributed by atoms with Gasteiger partial charge in [0.2, 0.25) is 5.91 Å². The number of pyridine rings is 1. The number of aromatic nitrogens is 1. The first-order valence-corrected chi connectivity index (χ1v) is 6.04. The first kappa shape index (κ1) is 11.8. The van der Waals surface area contributed by atoms with Crippen LogP contribution in [0.25, 0.3) is 0 Å². The van der Waals surface area contributed by atoms with Gasteiger partial charge in [-0.3, -0.25) is 9.78 Å². The molecule has 1 aromatic heterocycles. The average Bonchev–Trinajstić information content (AvgIpc) is 2.39. The molecule has 0 atom stereocenters. The maximum atomic E-state index is 11.5. The molecule has 1 fully saturated rings. The van der Waals surface area contributed by atoms with Crippen molar-refractivity contribution in [2.75, 3.05) is 13.1 Å². The van der Waals surface area contributed by atoms with Crippen LogP contribution in [0.3, 0.4) is 0 Å². The van der Waals surface area contributed by atoms with Crippen molar-refractivity contribution < 1.29 is 4.79 Å². The molecule has 3 heteroatoms. The maximum absolute atomic E-state index is 11.5. The fourth-order valence-electron chi connectivity index (χ4n) is 2.28. The summed E-state index contributed by atoms with van der Waals surface area (Å²) in [6.07, 6.45) is 5.40. The summed E-state index contributed by atoms with van der Waals surface area (Å²) < 4.78 is 0. The van der Waals surface area contributed by atoms with Crippen LogP contribution in [0.4, 0.5) is 0 Å². The van der Waals surface area contributed by atoms with Gasteiger partial charge in [0.15, 0.2) is 0 Å². The van der Waals surface area contributed by atoms with E-state index in [0.29, 0.717) is 5.92 Å². The van der Waals surface area contributed by atoms with Crippen LogP contribution in [0.1, 0.15) is 30.0 Å². The summed E-state index contributed by atoms with van der Waals surface area (Å²) in [5.41, 5.74) is 2.34. The van der Waals surface area contributed by atoms with Crippen LogP contribution in [0.15, 0.2) is 31.0 Å². The highest BCUT2D eigenvalue weighted by Gasteiger charge is 2.22. The summed E-state index contributed by atoms with van der Waals surface area (Å²) in [5, 5.41) is 0. The van der Waals surface area contributed by atoms with Crippen LogP contribution in [-0.4, -0.2) is 28.9 Å². The monoisotopic (exact) mass is 230 g/mol. The quantitative estimate of drug-likeness (QED) is 0.730. The van der Waals surface area contributed by atoms with Crippen LogP contribution in [0.2, 0.25) is 0 Å². The molecule has 2 rings (SSSR count). The molecular weight excluding hydrogens is 212 g/mol. The maximum Gasteiger partial charge on any atom is 0.245 e. The highest BCUT2D eigenvalue weighted by atomic mass is 16.2. The molecule has 0 N–H and O–H groups in total. The molecule has 1 saturated heterocycles. The Morgan fingerprint density at radius 1 is 1.47 bits per heavy atom. The third kappa shape index (κ3) is 2.73. The summed E-state index contributed by atoms with van der Waals surface area (Å²) in [6.45, 7) is 7.16. The van der Waals surface area contributed by atoms with Crippen molar-refractivity contribution in [1.29, 1.82) is 0 Å². The number of carbonyl (C=O) groups excluding carboxylic acids is 1. The second-order valence-corrected chi connectivity index (χ2v) is 4.54. The fourth-order valence-corrected chi connectivity index (χ4v) is 2.28. The second kappa shape index (κ2) is 5.13. The molecule has 0 radical (unpaired) electrons. The van der Waals surface area contributed by atoms with Crippen molar-refractivity contribution in [3.63, 3.8) is 0 Å². The topological polar surface area (TPSA) is 33.2 Å². The number of hydrogen-bond donors (Lipinski definition) is 0. The Morgan fingerprint density at radius 3 is 2.71 bits per heavy atom. The van der Waals surface area contributed by atoms with E-state index in [4.69, 9.17) is 0 Å². The number of carbonyl (C=O) groups is 1. The lowest BCUT2D eigenvalue weighted by molar-refractivity contribution is -0.127. The molecule has 1 aliphatic heterocycles. The zero-order valence-corrected chi connectivity index (χ0v) is 10.2. The molecule has 0 aliphatic carbocycles. The first-order valence-electron chi connectivity index (χ1n) is 6.04. The largest absolute Gasteiger partial charge is 0.339 e. The predicted octanol–water partition coefficient (Wildman–Crippen LogP) is 2.28. The van der Waals surface area contributed by atoms with E-state index < -0.39 is 0 Å². The van der Waals surface area contributed by atoms with Gasteiger partial charge in [0.05, 0.1) is 0 Å². The third-order valence-corrected chi connectivity index (χ3v) is 3.39. The van der Waals surface area contributed by atoms with Gasteiger partial charge in [-0.05, 0) is 43.4 Å². The minimum atomic E-state index is 0.0467. The van der Waals surface area contributed by atoms with Crippen LogP contribution < -0.4 is 0 Å². The SMILES string of the molecule is C=CC(=O)N1CCC(c2ccc(C)nc2)CC1. The predicted molar refractivity (Wildman–Crippen MR) is 67.7 cm³/mol. The van der Waals surface area contributed by atoms with E-state index in [1.165, 1.54) is 11.6 Å². The Kier molecular flexibility index (Phi) is 3.57. The second-order valence-electron chi connectivity index (χ2n) is 4.54. The summed E-state index contributed by atoms with van der Waals surface area (Å²) in [5.74, 6) is 0.586. The molecule has 1 amide bonds. The molecule has 0 bridgehead atoms. The molecule has 90 valence electrons. The minimum Gasteiger partial charge on any atom is -0.339 e. The molecule has 0 spiro atoms. The Bertz CT molecular complexity index is 403. The Morgan fingerprint density at radius 2 is 2.18 bits per heavy atom. The van der Waals surface area contributed by atoms with Crippen LogP contribution in [-0.2, 0) is 4.79 Å². The molecule has 2 heterocycles. The minimum absolute atomic E-state index is 0.0467. The highest BCUT2D eigenvalue weighted by Crippen LogP contribution is 2.27. The van der Waals surface area contributed by atoms with Gasteiger partial charge in [0.25, 0.3) is 0 Å². The number of hydrogen-bond acceptors (Lipinski definition) is 2. The molecule has 0 unspecified atom stereocenters. The lowest BCUT2D eigenvalue weighted by atomic mass is 9.90. The van der Waals surface area contributed by atoms with Gasteiger partial charge in [0, 0.05) is 25.0 Å². The smallest absolute Gasteiger partial charge is 0.245 e. The van der Waals surface area contributed by atoms with Gasteiger partial charge in [-0.25, -0.2) is 0 Å². The number of amides is 1. The summed E-state index contributed by atoms with van der Waals surface area (Å²) >= 11 is 0. The van der Waals surface area contributed by atoms with Crippen molar-refractivity contribution in [1.82, 2.24) is 9.88 Å². The number of nitrogens with zero attached hydrogens (tertiary/aromatic N) is 2. The molecule has 17 heavy (non-hydrogen) atoms. The van der Waals surface area contributed by atoms with Crippen molar-refractivity contribution in [3.05, 3.63) is 42.2 Å². The number of piperidine rings is 1. The highest BCUT2D eigenvalue weighted by molar-refractivity contribution is 5.87. The third-order valence-electron chi connectivity index (χ3n) is 3.39. The molecule has 0 aromatic carbocycles. The Balaban J connectivity index is 1.97. The van der Waals surface area contributed by atoms with Crippen molar-refractivity contribution in [2.24, 2.45) is 0 Å². The first-order chi connectivity index (χ1) is 8.20. The van der Waals surface area contributed by atoms with E-state index >= 15 is 0 Å². The molecule has 1 aromatic rings. The summed E-state index contributed by atoms with van der Waals surface area (Å²) in [4.78, 5) is 17.6. The molecule has 0 saturated carbocycles. The van der Waals surface area contributed by atoms with E-state index in [1.54, 1.807) is 0 Å². The molecule has 3 nitrogen and oxygen atoms in total. The van der Waals surface area contributed by atoms with E-state index in [2.05, 4.69) is 23.7 Å². The van der Waals surface area contributed by atoms with Crippen LogP contribution in [0.5, 0.6) is 0 Å². The van der Waals surface area contributed by atoms with Crippen LogP contribution >= 0.6 is 0 Å². The Labute approximate surface area is 102 Å². The van der Waals surface area contributed by atoms with Gasteiger partial charge in [-0.1, -0.05) is 12.6 Å². The van der Waals surface area contributed by atoms with E-state index in [1.807, 2.05) is 18.0 Å². The van der Waals surface area contributed by atoms with Gasteiger partial charge in [-0.2, -0.15) is 0 Å². The zero-order valence-electron chi connectivity index (χ0n) is 10.2. The van der Waals surface area contributed by atoms with Gasteiger partial charge in [0.1, 0.15) is 0 Å². The standard InChI is InChI=1S/C14H18N2O/c1-3-14(17)16-8-6-12(7-9-16)13-5-4-11(2)15-10-13/h3-5,10,12H,1,6-9H2,2H3. The van der Waals surface area contributed by atoms with Crippen molar-refractivity contribution >= 4 is 5.91 Å². The lowest BCUT2D eigenvalue weighted by Crippen LogP contribution is -2.36. The normalized spacial score (nSPS) is 16.9. The lowest BCUT2D eigenvalue weighted by Gasteiger charge is -2.31. The summed E-state index contributed by atoms with van der Waals surface area (Å²) in [6, 6.07) is 4.20. The average molecular weight is 230 g/mol. The zero-order chi connectivity index (χ0) is 12.3. The van der Waals surface area contributed by atoms with E-state index in [-0.39, 0.29) is 5.91 Å².